The molecule has 2 aromatic rings. The summed E-state index contributed by atoms with van der Waals surface area (Å²) in [6, 6.07) is 16.1. The second-order valence-electron chi connectivity index (χ2n) is 4.94. The minimum Gasteiger partial charge on any atom is -0.323 e. The number of carbonyl (C=O) groups excluding carboxylic acids is 1. The van der Waals surface area contributed by atoms with Crippen LogP contribution in [0, 0.1) is 0 Å². The lowest BCUT2D eigenvalue weighted by atomic mass is 10.1. The smallest absolute Gasteiger partial charge is 0.323 e. The van der Waals surface area contributed by atoms with Crippen molar-refractivity contribution in [2.24, 2.45) is 0 Å². The van der Waals surface area contributed by atoms with Gasteiger partial charge in [-0.1, -0.05) is 52.3 Å². The van der Waals surface area contributed by atoms with E-state index in [0.717, 1.165) is 15.7 Å². The van der Waals surface area contributed by atoms with Crippen molar-refractivity contribution in [3.63, 3.8) is 0 Å². The summed E-state index contributed by atoms with van der Waals surface area (Å²) in [4.78, 5) is 16.0. The topological polar surface area (TPSA) is 23.6 Å². The number of carbonyl (C=O) groups is 1. The first-order valence-electron chi connectivity index (χ1n) is 6.51. The molecule has 2 aromatic carbocycles. The predicted octanol–water partition coefficient (Wildman–Crippen LogP) is 4.02. The van der Waals surface area contributed by atoms with E-state index >= 15 is 0 Å². The summed E-state index contributed by atoms with van der Waals surface area (Å²) in [5, 5.41) is 0. The minimum absolute atomic E-state index is 0.0412. The molecule has 1 aliphatic heterocycles. The highest BCUT2D eigenvalue weighted by Crippen LogP contribution is 2.30. The maximum atomic E-state index is 12.4. The number of para-hydroxylation sites is 1. The largest absolute Gasteiger partial charge is 0.324 e. The van der Waals surface area contributed by atoms with E-state index < -0.39 is 0 Å². The molecule has 0 N–H and O–H groups in total. The average molecular weight is 331 g/mol. The van der Waals surface area contributed by atoms with Gasteiger partial charge in [-0.2, -0.15) is 0 Å². The summed E-state index contributed by atoms with van der Waals surface area (Å²) in [6.07, 6.45) is 0. The van der Waals surface area contributed by atoms with Gasteiger partial charge < -0.3 is 4.90 Å². The third kappa shape index (κ3) is 2.31. The molecule has 0 saturated heterocycles. The molecule has 0 radical (unpaired) electrons. The van der Waals surface area contributed by atoms with Gasteiger partial charge in [0.2, 0.25) is 0 Å². The monoisotopic (exact) mass is 330 g/mol. The Morgan fingerprint density at radius 2 is 1.80 bits per heavy atom. The fourth-order valence-corrected chi connectivity index (χ4v) is 2.90. The van der Waals surface area contributed by atoms with Gasteiger partial charge in [0.1, 0.15) is 0 Å². The van der Waals surface area contributed by atoms with E-state index in [-0.39, 0.29) is 6.03 Å². The Morgan fingerprint density at radius 3 is 2.60 bits per heavy atom. The maximum Gasteiger partial charge on any atom is 0.324 e. The minimum atomic E-state index is 0.0412. The number of hydrogen-bond donors (Lipinski definition) is 0. The summed E-state index contributed by atoms with van der Waals surface area (Å²) < 4.78 is 1.03. The number of fused-ring (bicyclic) bond motifs is 1. The van der Waals surface area contributed by atoms with Gasteiger partial charge in [-0.15, -0.1) is 0 Å². The zero-order valence-electron chi connectivity index (χ0n) is 11.2. The van der Waals surface area contributed by atoms with E-state index in [0.29, 0.717) is 13.1 Å². The van der Waals surface area contributed by atoms with Crippen molar-refractivity contribution in [1.29, 1.82) is 0 Å². The first kappa shape index (κ1) is 13.2. The first-order valence-corrected chi connectivity index (χ1v) is 7.30. The van der Waals surface area contributed by atoms with Crippen LogP contribution in [0.15, 0.2) is 53.0 Å². The van der Waals surface area contributed by atoms with Crippen LogP contribution in [0.25, 0.3) is 0 Å². The number of nitrogens with zero attached hydrogens (tertiary/aromatic N) is 2. The van der Waals surface area contributed by atoms with Crippen LogP contribution in [-0.2, 0) is 13.1 Å². The molecular formula is C16H15BrN2O. The molecule has 0 atom stereocenters. The lowest BCUT2D eigenvalue weighted by molar-refractivity contribution is 0.210. The summed E-state index contributed by atoms with van der Waals surface area (Å²) in [5.41, 5.74) is 3.29. The lowest BCUT2D eigenvalue weighted by Gasteiger charge is -2.35. The van der Waals surface area contributed by atoms with Crippen molar-refractivity contribution >= 4 is 27.6 Å². The van der Waals surface area contributed by atoms with Crippen LogP contribution in [0.5, 0.6) is 0 Å². The molecule has 0 spiro atoms. The standard InChI is InChI=1S/C16H15BrN2O/c1-18-10-13-7-3-5-9-15(13)19(16(18)20)11-12-6-2-4-8-14(12)17/h2-9H,10-11H2,1H3. The molecule has 3 rings (SSSR count). The Labute approximate surface area is 126 Å². The lowest BCUT2D eigenvalue weighted by Crippen LogP contribution is -2.44. The molecule has 3 nitrogen and oxygen atoms in total. The number of halogens is 1. The predicted molar refractivity (Wildman–Crippen MR) is 83.6 cm³/mol. The highest BCUT2D eigenvalue weighted by Gasteiger charge is 2.27. The molecule has 2 amide bonds. The van der Waals surface area contributed by atoms with E-state index in [1.807, 2.05) is 54.4 Å². The van der Waals surface area contributed by atoms with Crippen LogP contribution in [-0.4, -0.2) is 18.0 Å². The van der Waals surface area contributed by atoms with Crippen LogP contribution in [0.3, 0.4) is 0 Å². The molecule has 1 aliphatic rings. The highest BCUT2D eigenvalue weighted by atomic mass is 79.9. The van der Waals surface area contributed by atoms with Gasteiger partial charge in [0.25, 0.3) is 0 Å². The van der Waals surface area contributed by atoms with Crippen molar-refractivity contribution in [2.45, 2.75) is 13.1 Å². The molecule has 0 aromatic heterocycles. The van der Waals surface area contributed by atoms with Crippen molar-refractivity contribution in [3.8, 4) is 0 Å². The van der Waals surface area contributed by atoms with Gasteiger partial charge in [-0.25, -0.2) is 4.79 Å². The zero-order chi connectivity index (χ0) is 14.1. The highest BCUT2D eigenvalue weighted by molar-refractivity contribution is 9.10. The summed E-state index contributed by atoms with van der Waals surface area (Å²) in [7, 11) is 1.84. The Balaban J connectivity index is 2.00. The molecule has 102 valence electrons. The normalized spacial score (nSPS) is 14.4. The summed E-state index contributed by atoms with van der Waals surface area (Å²) in [6.45, 7) is 1.24. The Bertz CT molecular complexity index is 656. The summed E-state index contributed by atoms with van der Waals surface area (Å²) in [5.74, 6) is 0. The molecule has 0 unspecified atom stereocenters. The van der Waals surface area contributed by atoms with Crippen LogP contribution in [0.2, 0.25) is 0 Å². The molecule has 1 heterocycles. The molecule has 0 bridgehead atoms. The number of hydrogen-bond acceptors (Lipinski definition) is 1. The Hall–Kier alpha value is -1.81. The molecule has 0 saturated carbocycles. The van der Waals surface area contributed by atoms with Gasteiger partial charge in [-0.3, -0.25) is 4.90 Å². The number of amides is 2. The second-order valence-corrected chi connectivity index (χ2v) is 5.80. The van der Waals surface area contributed by atoms with Gasteiger partial charge in [-0.05, 0) is 23.3 Å². The van der Waals surface area contributed by atoms with Crippen molar-refractivity contribution in [1.82, 2.24) is 4.90 Å². The van der Waals surface area contributed by atoms with E-state index in [1.54, 1.807) is 4.90 Å². The van der Waals surface area contributed by atoms with Crippen LogP contribution in [0.1, 0.15) is 11.1 Å². The molecule has 0 fully saturated rings. The van der Waals surface area contributed by atoms with E-state index in [9.17, 15) is 4.79 Å². The van der Waals surface area contributed by atoms with Crippen molar-refractivity contribution in [2.75, 3.05) is 11.9 Å². The molecule has 4 heteroatoms. The summed E-state index contributed by atoms with van der Waals surface area (Å²) >= 11 is 3.55. The third-order valence-electron chi connectivity index (χ3n) is 3.53. The van der Waals surface area contributed by atoms with Crippen molar-refractivity contribution in [3.05, 3.63) is 64.1 Å². The van der Waals surface area contributed by atoms with Gasteiger partial charge in [0.05, 0.1) is 12.2 Å². The molecular weight excluding hydrogens is 316 g/mol. The van der Waals surface area contributed by atoms with Gasteiger partial charge in [0.15, 0.2) is 0 Å². The quantitative estimate of drug-likeness (QED) is 0.815. The number of rotatable bonds is 2. The van der Waals surface area contributed by atoms with E-state index in [4.69, 9.17) is 0 Å². The maximum absolute atomic E-state index is 12.4. The Kier molecular flexibility index (Phi) is 3.49. The van der Waals surface area contributed by atoms with Crippen LogP contribution >= 0.6 is 15.9 Å². The first-order chi connectivity index (χ1) is 9.66. The Morgan fingerprint density at radius 1 is 1.10 bits per heavy atom. The van der Waals surface area contributed by atoms with Crippen LogP contribution in [0.4, 0.5) is 10.5 Å². The molecule has 20 heavy (non-hydrogen) atoms. The fourth-order valence-electron chi connectivity index (χ4n) is 2.49. The number of benzene rings is 2. The van der Waals surface area contributed by atoms with Gasteiger partial charge >= 0.3 is 6.03 Å². The molecule has 0 aliphatic carbocycles. The van der Waals surface area contributed by atoms with E-state index in [2.05, 4.69) is 22.0 Å². The van der Waals surface area contributed by atoms with Crippen molar-refractivity contribution < 1.29 is 4.79 Å². The van der Waals surface area contributed by atoms with Crippen LogP contribution < -0.4 is 4.90 Å². The SMILES string of the molecule is CN1Cc2ccccc2N(Cc2ccccc2Br)C1=O. The van der Waals surface area contributed by atoms with E-state index in [1.165, 1.54) is 5.56 Å². The number of anilines is 1. The fraction of sp³-hybridized carbons (Fsp3) is 0.188. The second kappa shape index (κ2) is 5.29. The number of urea groups is 1. The average Bonchev–Trinajstić information content (AvgIpc) is 2.46. The zero-order valence-corrected chi connectivity index (χ0v) is 12.8. The third-order valence-corrected chi connectivity index (χ3v) is 4.31. The van der Waals surface area contributed by atoms with Gasteiger partial charge in [0, 0.05) is 18.1 Å².